The molecular formula is C20H18N4O3S. The van der Waals surface area contributed by atoms with Crippen molar-refractivity contribution in [2.45, 2.75) is 26.5 Å². The van der Waals surface area contributed by atoms with E-state index in [1.165, 1.54) is 0 Å². The molecular weight excluding hydrogens is 376 g/mol. The summed E-state index contributed by atoms with van der Waals surface area (Å²) in [5.41, 5.74) is 1.04. The molecule has 0 aliphatic carbocycles. The maximum atomic E-state index is 12.4. The zero-order chi connectivity index (χ0) is 19.5. The van der Waals surface area contributed by atoms with E-state index in [1.807, 2.05) is 43.5 Å². The number of rotatable bonds is 6. The Morgan fingerprint density at radius 1 is 1.36 bits per heavy atom. The Hall–Kier alpha value is -3.26. The molecule has 28 heavy (non-hydrogen) atoms. The number of pyridine rings is 1. The van der Waals surface area contributed by atoms with Gasteiger partial charge in [0.1, 0.15) is 12.4 Å². The molecule has 7 nitrogen and oxygen atoms in total. The minimum absolute atomic E-state index is 0.169. The van der Waals surface area contributed by atoms with Gasteiger partial charge in [-0.25, -0.2) is 4.98 Å². The van der Waals surface area contributed by atoms with Crippen LogP contribution in [0.15, 0.2) is 52.6 Å². The van der Waals surface area contributed by atoms with Crippen LogP contribution in [0, 0.1) is 6.92 Å². The molecule has 8 heteroatoms. The molecule has 1 aromatic carbocycles. The van der Waals surface area contributed by atoms with Gasteiger partial charge in [-0.3, -0.25) is 9.78 Å². The van der Waals surface area contributed by atoms with E-state index in [9.17, 15) is 4.79 Å². The van der Waals surface area contributed by atoms with Crippen LogP contribution in [-0.2, 0) is 6.61 Å². The molecule has 1 amide bonds. The highest BCUT2D eigenvalue weighted by atomic mass is 32.1. The fourth-order valence-electron chi connectivity index (χ4n) is 2.78. The molecule has 0 saturated heterocycles. The van der Waals surface area contributed by atoms with E-state index in [0.717, 1.165) is 27.2 Å². The van der Waals surface area contributed by atoms with Gasteiger partial charge in [0.05, 0.1) is 16.7 Å². The van der Waals surface area contributed by atoms with Gasteiger partial charge in [-0.15, -0.1) is 11.3 Å². The normalized spacial score (nSPS) is 12.1. The summed E-state index contributed by atoms with van der Waals surface area (Å²) in [4.78, 5) is 20.9. The highest BCUT2D eigenvalue weighted by Gasteiger charge is 2.17. The molecule has 0 radical (unpaired) electrons. The zero-order valence-electron chi connectivity index (χ0n) is 15.4. The maximum Gasteiger partial charge on any atom is 0.274 e. The lowest BCUT2D eigenvalue weighted by atomic mass is 10.1. The van der Waals surface area contributed by atoms with E-state index in [0.29, 0.717) is 5.76 Å². The summed E-state index contributed by atoms with van der Waals surface area (Å²) < 4.78 is 11.1. The van der Waals surface area contributed by atoms with Gasteiger partial charge in [0.25, 0.3) is 5.91 Å². The van der Waals surface area contributed by atoms with Crippen molar-refractivity contribution >= 4 is 28.0 Å². The maximum absolute atomic E-state index is 12.4. The van der Waals surface area contributed by atoms with Crippen LogP contribution >= 0.6 is 11.3 Å². The Morgan fingerprint density at radius 2 is 2.25 bits per heavy atom. The second-order valence-corrected chi connectivity index (χ2v) is 7.37. The average molecular weight is 394 g/mol. The van der Waals surface area contributed by atoms with Crippen molar-refractivity contribution in [3.05, 3.63) is 70.3 Å². The number of thiazole rings is 1. The van der Waals surface area contributed by atoms with E-state index in [2.05, 4.69) is 20.4 Å². The summed E-state index contributed by atoms with van der Waals surface area (Å²) in [5, 5.41) is 11.6. The first kappa shape index (κ1) is 18.1. The number of aromatic nitrogens is 3. The first-order valence-electron chi connectivity index (χ1n) is 8.74. The van der Waals surface area contributed by atoms with Crippen molar-refractivity contribution in [1.82, 2.24) is 20.4 Å². The quantitative estimate of drug-likeness (QED) is 0.530. The van der Waals surface area contributed by atoms with Crippen molar-refractivity contribution in [3.63, 3.8) is 0 Å². The number of carbonyl (C=O) groups is 1. The second-order valence-electron chi connectivity index (χ2n) is 6.31. The van der Waals surface area contributed by atoms with Crippen molar-refractivity contribution < 1.29 is 14.1 Å². The number of hydrogen-bond acceptors (Lipinski definition) is 7. The zero-order valence-corrected chi connectivity index (χ0v) is 16.2. The molecule has 1 unspecified atom stereocenters. The summed E-state index contributed by atoms with van der Waals surface area (Å²) in [7, 11) is 0. The summed E-state index contributed by atoms with van der Waals surface area (Å²) in [5.74, 6) is 0.868. The summed E-state index contributed by atoms with van der Waals surface area (Å²) >= 11 is 1.55. The van der Waals surface area contributed by atoms with Gasteiger partial charge in [0.2, 0.25) is 0 Å². The van der Waals surface area contributed by atoms with E-state index in [4.69, 9.17) is 9.26 Å². The molecule has 0 fully saturated rings. The molecule has 4 aromatic rings. The second kappa shape index (κ2) is 7.77. The standard InChI is InChI=1S/C20H18N4O3S/c1-12(18-11-28-13(2)23-18)22-20(25)17-8-15(27-24-17)10-26-19-5-3-4-14-9-21-7-6-16(14)19/h3-9,11-12H,10H2,1-2H3,(H,22,25). The highest BCUT2D eigenvalue weighted by Crippen LogP contribution is 2.25. The molecule has 142 valence electrons. The average Bonchev–Trinajstić information content (AvgIpc) is 3.35. The van der Waals surface area contributed by atoms with Crippen LogP contribution in [0.2, 0.25) is 0 Å². The van der Waals surface area contributed by atoms with Gasteiger partial charge in [-0.05, 0) is 26.0 Å². The molecule has 0 saturated carbocycles. The van der Waals surface area contributed by atoms with Crippen LogP contribution in [0.5, 0.6) is 5.75 Å². The Morgan fingerprint density at radius 3 is 3.07 bits per heavy atom. The van der Waals surface area contributed by atoms with Crippen molar-refractivity contribution in [2.24, 2.45) is 0 Å². The summed E-state index contributed by atoms with van der Waals surface area (Å²) in [6, 6.07) is 9.02. The monoisotopic (exact) mass is 394 g/mol. The van der Waals surface area contributed by atoms with Crippen LogP contribution in [0.1, 0.15) is 39.9 Å². The minimum atomic E-state index is -0.315. The molecule has 3 heterocycles. The van der Waals surface area contributed by atoms with Crippen LogP contribution < -0.4 is 10.1 Å². The first-order valence-corrected chi connectivity index (χ1v) is 9.62. The molecule has 1 N–H and O–H groups in total. The fourth-order valence-corrected chi connectivity index (χ4v) is 3.49. The molecule has 0 aliphatic rings. The largest absolute Gasteiger partial charge is 0.485 e. The van der Waals surface area contributed by atoms with Crippen LogP contribution in [0.4, 0.5) is 0 Å². The Labute approximate surface area is 165 Å². The SMILES string of the molecule is Cc1nc(C(C)NC(=O)c2cc(COc3cccc4cnccc34)on2)cs1. The van der Waals surface area contributed by atoms with Crippen LogP contribution in [-0.4, -0.2) is 21.0 Å². The number of carbonyl (C=O) groups excluding carboxylic acids is 1. The predicted molar refractivity (Wildman–Crippen MR) is 105 cm³/mol. The molecule has 1 atom stereocenters. The lowest BCUT2D eigenvalue weighted by Crippen LogP contribution is -2.27. The van der Waals surface area contributed by atoms with Crippen LogP contribution in [0.3, 0.4) is 0 Å². The number of ether oxygens (including phenoxy) is 1. The molecule has 0 bridgehead atoms. The summed E-state index contributed by atoms with van der Waals surface area (Å²) in [6.45, 7) is 3.98. The van der Waals surface area contributed by atoms with E-state index in [-0.39, 0.29) is 24.2 Å². The van der Waals surface area contributed by atoms with Crippen molar-refractivity contribution in [3.8, 4) is 5.75 Å². The highest BCUT2D eigenvalue weighted by molar-refractivity contribution is 7.09. The smallest absolute Gasteiger partial charge is 0.274 e. The lowest BCUT2D eigenvalue weighted by Gasteiger charge is -2.09. The predicted octanol–water partition coefficient (Wildman–Crippen LogP) is 4.06. The Bertz CT molecular complexity index is 1120. The van der Waals surface area contributed by atoms with Gasteiger partial charge < -0.3 is 14.6 Å². The number of nitrogens with one attached hydrogen (secondary N) is 1. The third-order valence-corrected chi connectivity index (χ3v) is 5.02. The van der Waals surface area contributed by atoms with Gasteiger partial charge in [-0.2, -0.15) is 0 Å². The molecule has 3 aromatic heterocycles. The number of nitrogens with zero attached hydrogens (tertiary/aromatic N) is 3. The van der Waals surface area contributed by atoms with Gasteiger partial charge in [0, 0.05) is 34.6 Å². The van der Waals surface area contributed by atoms with Crippen molar-refractivity contribution in [2.75, 3.05) is 0 Å². The molecule has 0 spiro atoms. The number of amides is 1. The number of benzene rings is 1. The molecule has 4 rings (SSSR count). The van der Waals surface area contributed by atoms with Gasteiger partial charge in [0.15, 0.2) is 11.5 Å². The minimum Gasteiger partial charge on any atom is -0.485 e. The van der Waals surface area contributed by atoms with E-state index in [1.54, 1.807) is 29.8 Å². The number of hydrogen-bond donors (Lipinski definition) is 1. The first-order chi connectivity index (χ1) is 13.6. The van der Waals surface area contributed by atoms with Gasteiger partial charge in [-0.1, -0.05) is 17.3 Å². The molecule has 0 aliphatic heterocycles. The lowest BCUT2D eigenvalue weighted by molar-refractivity contribution is 0.0929. The topological polar surface area (TPSA) is 90.1 Å². The third-order valence-electron chi connectivity index (χ3n) is 4.23. The van der Waals surface area contributed by atoms with E-state index < -0.39 is 0 Å². The summed E-state index contributed by atoms with van der Waals surface area (Å²) in [6.07, 6.45) is 3.50. The van der Waals surface area contributed by atoms with Gasteiger partial charge >= 0.3 is 0 Å². The third kappa shape index (κ3) is 3.86. The number of aryl methyl sites for hydroxylation is 1. The Balaban J connectivity index is 1.40. The fraction of sp³-hybridized carbons (Fsp3) is 0.200. The number of fused-ring (bicyclic) bond motifs is 1. The Kier molecular flexibility index (Phi) is 5.03. The van der Waals surface area contributed by atoms with Crippen LogP contribution in [0.25, 0.3) is 10.8 Å². The van der Waals surface area contributed by atoms with E-state index >= 15 is 0 Å². The van der Waals surface area contributed by atoms with Crippen molar-refractivity contribution in [1.29, 1.82) is 0 Å².